The van der Waals surface area contributed by atoms with Gasteiger partial charge in [-0.2, -0.15) is 5.20 Å². The largest absolute Gasteiger partial charge is 0.270 e. The maximum Gasteiger partial charge on any atom is 0.157 e. The van der Waals surface area contributed by atoms with Crippen molar-refractivity contribution in [3.05, 3.63) is 112 Å². The molecule has 0 aromatic heterocycles. The summed E-state index contributed by atoms with van der Waals surface area (Å²) < 4.78 is 0. The Labute approximate surface area is 272 Å². The second-order valence-electron chi connectivity index (χ2n) is 11.2. The normalized spacial score (nSPS) is 12.9. The van der Waals surface area contributed by atoms with Crippen LogP contribution < -0.4 is 15.6 Å². The second-order valence-corrected chi connectivity index (χ2v) is 15.0. The molecule has 0 saturated heterocycles. The predicted molar refractivity (Wildman–Crippen MR) is 178 cm³/mol. The molecule has 0 heterocycles. The van der Waals surface area contributed by atoms with E-state index in [4.69, 9.17) is 0 Å². The van der Waals surface area contributed by atoms with Gasteiger partial charge in [0.25, 0.3) is 0 Å². The van der Waals surface area contributed by atoms with Crippen molar-refractivity contribution < 1.29 is 21.7 Å². The number of allylic oxidation sites excluding steroid dienone is 4. The molecule has 5 heteroatoms. The number of hydrogen-bond acceptors (Lipinski definition) is 0. The molecule has 1 aliphatic rings. The molecule has 1 aliphatic carbocycles. The van der Waals surface area contributed by atoms with Crippen molar-refractivity contribution >= 4 is 60.9 Å². The van der Waals surface area contributed by atoms with Crippen LogP contribution in [0.3, 0.4) is 0 Å². The van der Waals surface area contributed by atoms with Gasteiger partial charge in [0.2, 0.25) is 0 Å². The van der Waals surface area contributed by atoms with Gasteiger partial charge in [0, 0.05) is 21.7 Å². The van der Waals surface area contributed by atoms with Crippen LogP contribution in [0.2, 0.25) is 0 Å². The molecule has 3 aromatic carbocycles. The van der Waals surface area contributed by atoms with Crippen molar-refractivity contribution in [1.29, 1.82) is 0 Å². The van der Waals surface area contributed by atoms with Crippen LogP contribution in [0.15, 0.2) is 89.1 Å². The third-order valence-corrected chi connectivity index (χ3v) is 12.9. The average Bonchev–Trinajstić information content (AvgIpc) is 3.18. The summed E-state index contributed by atoms with van der Waals surface area (Å²) in [6.07, 6.45) is 4.65. The third-order valence-electron chi connectivity index (χ3n) is 7.96. The van der Waals surface area contributed by atoms with Crippen LogP contribution in [-0.4, -0.2) is 8.07 Å². The van der Waals surface area contributed by atoms with Gasteiger partial charge in [-0.3, -0.25) is 6.08 Å². The molecule has 0 spiro atoms. The average molecular weight is 635 g/mol. The molecule has 0 fully saturated rings. The van der Waals surface area contributed by atoms with Crippen molar-refractivity contribution in [2.45, 2.75) is 79.6 Å². The molecule has 0 nitrogen and oxygen atoms in total. The molecule has 0 bridgehead atoms. The van der Waals surface area contributed by atoms with Crippen LogP contribution in [-0.2, 0) is 21.7 Å². The number of benzene rings is 3. The minimum Gasteiger partial charge on any atom is -0.270 e. The minimum atomic E-state index is -2.53. The summed E-state index contributed by atoms with van der Waals surface area (Å²) in [5.41, 5.74) is 7.02. The van der Waals surface area contributed by atoms with E-state index in [1.807, 2.05) is 0 Å². The Kier molecular flexibility index (Phi) is 15.4. The SMILES string of the molecule is CC1=[C-]CC([Si](c2cccc(C(C)C)c2)(c2cccc(C(C)C)c2)c2cccc(C(C)C)c2)=C1C.Cl.Cl.Cl.[Ti]. The van der Waals surface area contributed by atoms with Crippen LogP contribution in [0.5, 0.6) is 0 Å². The Morgan fingerprint density at radius 1 is 0.590 bits per heavy atom. The summed E-state index contributed by atoms with van der Waals surface area (Å²) in [7, 11) is -2.53. The molecule has 0 aliphatic heterocycles. The Hall–Kier alpha value is -1.06. The van der Waals surface area contributed by atoms with Gasteiger partial charge < -0.3 is 0 Å². The number of hydrogen-bond donors (Lipinski definition) is 0. The fourth-order valence-corrected chi connectivity index (χ4v) is 10.9. The molecule has 0 N–H and O–H groups in total. The molecule has 39 heavy (non-hydrogen) atoms. The molecule has 0 atom stereocenters. The van der Waals surface area contributed by atoms with Crippen LogP contribution in [0, 0.1) is 6.08 Å². The molecule has 4 rings (SSSR count). The minimum absolute atomic E-state index is 0. The van der Waals surface area contributed by atoms with Gasteiger partial charge >= 0.3 is 0 Å². The molecule has 0 saturated carbocycles. The van der Waals surface area contributed by atoms with Crippen LogP contribution in [0.25, 0.3) is 0 Å². The van der Waals surface area contributed by atoms with Gasteiger partial charge in [0.1, 0.15) is 0 Å². The first-order valence-electron chi connectivity index (χ1n) is 13.3. The van der Waals surface area contributed by atoms with Crippen molar-refractivity contribution in [2.24, 2.45) is 0 Å². The maximum absolute atomic E-state index is 3.72. The molecular formula is C34H44Cl3SiTi-. The molecule has 210 valence electrons. The van der Waals surface area contributed by atoms with Crippen molar-refractivity contribution in [3.63, 3.8) is 0 Å². The van der Waals surface area contributed by atoms with E-state index < -0.39 is 8.07 Å². The van der Waals surface area contributed by atoms with E-state index in [9.17, 15) is 0 Å². The van der Waals surface area contributed by atoms with E-state index in [1.54, 1.807) is 5.20 Å². The number of halogens is 3. The van der Waals surface area contributed by atoms with Crippen LogP contribution in [0.4, 0.5) is 0 Å². The predicted octanol–water partition coefficient (Wildman–Crippen LogP) is 8.80. The second kappa shape index (κ2) is 15.8. The fraction of sp³-hybridized carbons (Fsp3) is 0.353. The van der Waals surface area contributed by atoms with Gasteiger partial charge in [-0.05, 0) is 50.0 Å². The summed E-state index contributed by atoms with van der Waals surface area (Å²) in [6.45, 7) is 18.4. The molecular weight excluding hydrogens is 591 g/mol. The van der Waals surface area contributed by atoms with E-state index in [-0.39, 0.29) is 58.9 Å². The van der Waals surface area contributed by atoms with E-state index in [1.165, 1.54) is 43.4 Å². The standard InChI is InChI=1S/C34H41Si.3ClH.Ti/c1-23(2)28-12-9-15-31(20-28)35(34-19-18-26(7)27(34)8,32-16-10-13-29(21-32)24(3)4)33-17-11-14-30(22-33)25(5)6;;;;/h9-17,20-25H,19H2,1-8H3;3*1H;/q-1;;;;. The van der Waals surface area contributed by atoms with E-state index in [0.29, 0.717) is 17.8 Å². The van der Waals surface area contributed by atoms with Crippen LogP contribution >= 0.6 is 37.2 Å². The van der Waals surface area contributed by atoms with Gasteiger partial charge in [0.05, 0.1) is 0 Å². The van der Waals surface area contributed by atoms with Gasteiger partial charge in [-0.25, -0.2) is 11.1 Å². The fourth-order valence-electron chi connectivity index (χ4n) is 5.54. The first-order valence-corrected chi connectivity index (χ1v) is 15.3. The van der Waals surface area contributed by atoms with Gasteiger partial charge in [0.15, 0.2) is 8.07 Å². The molecule has 0 unspecified atom stereocenters. The number of rotatable bonds is 7. The Bertz CT molecular complexity index is 1170. The van der Waals surface area contributed by atoms with Crippen molar-refractivity contribution in [3.8, 4) is 0 Å². The molecule has 3 aromatic rings. The quantitative estimate of drug-likeness (QED) is 0.138. The topological polar surface area (TPSA) is 0 Å². The zero-order valence-corrected chi connectivity index (χ0v) is 29.6. The zero-order chi connectivity index (χ0) is 25.3. The van der Waals surface area contributed by atoms with Gasteiger partial charge in [-0.1, -0.05) is 121 Å². The summed E-state index contributed by atoms with van der Waals surface area (Å²) in [4.78, 5) is 0. The molecule has 0 amide bonds. The van der Waals surface area contributed by atoms with Crippen molar-refractivity contribution in [1.82, 2.24) is 0 Å². The van der Waals surface area contributed by atoms with Crippen LogP contribution in [0.1, 0.15) is 96.3 Å². The monoisotopic (exact) mass is 633 g/mol. The third kappa shape index (κ3) is 7.42. The summed E-state index contributed by atoms with van der Waals surface area (Å²) in [5, 5.41) is 6.09. The first kappa shape index (κ1) is 37.9. The molecule has 0 radical (unpaired) electrons. The van der Waals surface area contributed by atoms with E-state index in [2.05, 4.69) is 134 Å². The van der Waals surface area contributed by atoms with Crippen molar-refractivity contribution in [2.75, 3.05) is 0 Å². The van der Waals surface area contributed by atoms with E-state index in [0.717, 1.165) is 6.42 Å². The smallest absolute Gasteiger partial charge is 0.157 e. The Morgan fingerprint density at radius 2 is 0.923 bits per heavy atom. The Morgan fingerprint density at radius 3 is 1.18 bits per heavy atom. The summed E-state index contributed by atoms with van der Waals surface area (Å²) >= 11 is 0. The van der Waals surface area contributed by atoms with Gasteiger partial charge in [-0.15, -0.1) is 50.6 Å². The summed E-state index contributed by atoms with van der Waals surface area (Å²) in [5.74, 6) is 1.49. The maximum atomic E-state index is 3.72. The van der Waals surface area contributed by atoms with E-state index >= 15 is 0 Å². The zero-order valence-electron chi connectivity index (χ0n) is 24.6. The summed E-state index contributed by atoms with van der Waals surface area (Å²) in [6, 6.07) is 28.6. The Balaban J connectivity index is 0.00000361. The first-order chi connectivity index (χ1) is 16.7.